The predicted octanol–water partition coefficient (Wildman–Crippen LogP) is 3.41. The van der Waals surface area contributed by atoms with Crippen LogP contribution in [0.3, 0.4) is 0 Å². The molecule has 0 aromatic heterocycles. The highest BCUT2D eigenvalue weighted by Crippen LogP contribution is 2.25. The standard InChI is InChI=1S/C21H34N4OS.HI/c1-2-22-21(23-10-6-11-24-13-15-26-16-14-24)25-12-9-19(17-25)18-27-20-7-4-3-5-8-20;/h3-5,7-8,19H,2,6,9-18H2,1H3,(H,22,23);1H. The van der Waals surface area contributed by atoms with Crippen LogP contribution in [0, 0.1) is 5.92 Å². The van der Waals surface area contributed by atoms with E-state index < -0.39 is 0 Å². The monoisotopic (exact) mass is 518 g/mol. The summed E-state index contributed by atoms with van der Waals surface area (Å²) in [7, 11) is 0. The van der Waals surface area contributed by atoms with E-state index in [9.17, 15) is 0 Å². The summed E-state index contributed by atoms with van der Waals surface area (Å²) in [5.41, 5.74) is 0. The third-order valence-corrected chi connectivity index (χ3v) is 6.39. The second kappa shape index (κ2) is 13.7. The van der Waals surface area contributed by atoms with Crippen molar-refractivity contribution in [3.8, 4) is 0 Å². The molecule has 7 heteroatoms. The third kappa shape index (κ3) is 8.08. The second-order valence-corrected chi connectivity index (χ2v) is 8.36. The first-order chi connectivity index (χ1) is 13.3. The van der Waals surface area contributed by atoms with Crippen LogP contribution in [0.1, 0.15) is 19.8 Å². The van der Waals surface area contributed by atoms with Crippen LogP contribution in [0.2, 0.25) is 0 Å². The molecule has 2 fully saturated rings. The Bertz CT molecular complexity index is 569. The molecule has 0 radical (unpaired) electrons. The molecule has 158 valence electrons. The zero-order chi connectivity index (χ0) is 18.7. The highest BCUT2D eigenvalue weighted by atomic mass is 127. The van der Waals surface area contributed by atoms with Crippen LogP contribution >= 0.6 is 35.7 Å². The molecule has 0 spiro atoms. The number of halogens is 1. The van der Waals surface area contributed by atoms with Gasteiger partial charge < -0.3 is 15.0 Å². The molecule has 0 saturated carbocycles. The van der Waals surface area contributed by atoms with Gasteiger partial charge in [-0.1, -0.05) is 18.2 Å². The van der Waals surface area contributed by atoms with E-state index in [-0.39, 0.29) is 24.0 Å². The summed E-state index contributed by atoms with van der Waals surface area (Å²) in [6, 6.07) is 10.7. The molecule has 28 heavy (non-hydrogen) atoms. The number of hydrogen-bond donors (Lipinski definition) is 1. The smallest absolute Gasteiger partial charge is 0.193 e. The van der Waals surface area contributed by atoms with Gasteiger partial charge in [-0.15, -0.1) is 35.7 Å². The van der Waals surface area contributed by atoms with Crippen molar-refractivity contribution in [2.45, 2.75) is 24.7 Å². The van der Waals surface area contributed by atoms with E-state index in [4.69, 9.17) is 9.73 Å². The number of thioether (sulfide) groups is 1. The first-order valence-corrected chi connectivity index (χ1v) is 11.3. The van der Waals surface area contributed by atoms with Crippen LogP contribution in [0.5, 0.6) is 0 Å². The maximum absolute atomic E-state index is 5.41. The first-order valence-electron chi connectivity index (χ1n) is 10.4. The summed E-state index contributed by atoms with van der Waals surface area (Å²) in [5, 5.41) is 3.49. The molecule has 1 unspecified atom stereocenters. The average molecular weight is 519 g/mol. The molecule has 2 aliphatic rings. The fraction of sp³-hybridized carbons (Fsp3) is 0.667. The lowest BCUT2D eigenvalue weighted by molar-refractivity contribution is 0.0377. The Hall–Kier alpha value is -0.510. The molecule has 1 aromatic rings. The minimum Gasteiger partial charge on any atom is -0.379 e. The van der Waals surface area contributed by atoms with Gasteiger partial charge in [0.05, 0.1) is 13.2 Å². The number of aliphatic imine (C=N–C) groups is 1. The summed E-state index contributed by atoms with van der Waals surface area (Å²) >= 11 is 1.98. The summed E-state index contributed by atoms with van der Waals surface area (Å²) in [5.74, 6) is 3.04. The van der Waals surface area contributed by atoms with Gasteiger partial charge in [-0.25, -0.2) is 0 Å². The van der Waals surface area contributed by atoms with Gasteiger partial charge in [0.1, 0.15) is 0 Å². The molecule has 1 N–H and O–H groups in total. The van der Waals surface area contributed by atoms with Gasteiger partial charge in [-0.3, -0.25) is 9.89 Å². The highest BCUT2D eigenvalue weighted by molar-refractivity contribution is 14.0. The van der Waals surface area contributed by atoms with Gasteiger partial charge in [0, 0.05) is 56.5 Å². The second-order valence-electron chi connectivity index (χ2n) is 7.27. The van der Waals surface area contributed by atoms with Crippen molar-refractivity contribution in [1.29, 1.82) is 0 Å². The molecular weight excluding hydrogens is 483 g/mol. The van der Waals surface area contributed by atoms with Crippen molar-refractivity contribution in [3.05, 3.63) is 30.3 Å². The van der Waals surface area contributed by atoms with Crippen LogP contribution in [-0.2, 0) is 4.74 Å². The van der Waals surface area contributed by atoms with Crippen molar-refractivity contribution in [1.82, 2.24) is 15.1 Å². The fourth-order valence-electron chi connectivity index (χ4n) is 3.62. The Kier molecular flexibility index (Phi) is 11.6. The summed E-state index contributed by atoms with van der Waals surface area (Å²) in [6.07, 6.45) is 2.38. The Morgan fingerprint density at radius 2 is 2.00 bits per heavy atom. The lowest BCUT2D eigenvalue weighted by atomic mass is 10.2. The Morgan fingerprint density at radius 3 is 2.75 bits per heavy atom. The number of nitrogens with zero attached hydrogens (tertiary/aromatic N) is 3. The molecule has 3 rings (SSSR count). The van der Waals surface area contributed by atoms with Gasteiger partial charge in [0.15, 0.2) is 5.96 Å². The van der Waals surface area contributed by atoms with Gasteiger partial charge in [-0.05, 0) is 37.8 Å². The Labute approximate surface area is 191 Å². The largest absolute Gasteiger partial charge is 0.379 e. The number of nitrogens with one attached hydrogen (secondary N) is 1. The number of guanidine groups is 1. The lowest BCUT2D eigenvalue weighted by Crippen LogP contribution is -2.40. The Morgan fingerprint density at radius 1 is 1.21 bits per heavy atom. The van der Waals surface area contributed by atoms with Crippen molar-refractivity contribution in [3.63, 3.8) is 0 Å². The van der Waals surface area contributed by atoms with Gasteiger partial charge >= 0.3 is 0 Å². The SMILES string of the molecule is CCNC(=NCCCN1CCOCC1)N1CCC(CSc2ccccc2)C1.I. The summed E-state index contributed by atoms with van der Waals surface area (Å²) in [6.45, 7) is 11.2. The quantitative estimate of drug-likeness (QED) is 0.188. The molecule has 5 nitrogen and oxygen atoms in total. The minimum absolute atomic E-state index is 0. The first kappa shape index (κ1) is 23.8. The molecular formula is C21H35IN4OS. The van der Waals surface area contributed by atoms with Crippen LogP contribution in [0.25, 0.3) is 0 Å². The molecule has 1 atom stereocenters. The van der Waals surface area contributed by atoms with E-state index in [1.807, 2.05) is 11.8 Å². The van der Waals surface area contributed by atoms with E-state index in [0.717, 1.165) is 77.3 Å². The third-order valence-electron chi connectivity index (χ3n) is 5.15. The summed E-state index contributed by atoms with van der Waals surface area (Å²) < 4.78 is 5.41. The van der Waals surface area contributed by atoms with Crippen molar-refractivity contribution >= 4 is 41.7 Å². The maximum atomic E-state index is 5.41. The van der Waals surface area contributed by atoms with Crippen molar-refractivity contribution in [2.75, 3.05) is 64.8 Å². The predicted molar refractivity (Wildman–Crippen MR) is 130 cm³/mol. The molecule has 0 aliphatic carbocycles. The number of ether oxygens (including phenoxy) is 1. The molecule has 2 saturated heterocycles. The van der Waals surface area contributed by atoms with Gasteiger partial charge in [0.25, 0.3) is 0 Å². The molecule has 1 aromatic carbocycles. The van der Waals surface area contributed by atoms with Gasteiger partial charge in [-0.2, -0.15) is 0 Å². The number of rotatable bonds is 8. The van der Waals surface area contributed by atoms with Gasteiger partial charge in [0.2, 0.25) is 0 Å². The van der Waals surface area contributed by atoms with E-state index in [1.54, 1.807) is 0 Å². The molecule has 0 bridgehead atoms. The van der Waals surface area contributed by atoms with E-state index in [2.05, 4.69) is 52.4 Å². The maximum Gasteiger partial charge on any atom is 0.193 e. The van der Waals surface area contributed by atoms with E-state index in [0.29, 0.717) is 0 Å². The van der Waals surface area contributed by atoms with Crippen LogP contribution in [0.15, 0.2) is 40.2 Å². The molecule has 2 aliphatic heterocycles. The van der Waals surface area contributed by atoms with Crippen molar-refractivity contribution in [2.24, 2.45) is 10.9 Å². The highest BCUT2D eigenvalue weighted by Gasteiger charge is 2.24. The number of hydrogen-bond acceptors (Lipinski definition) is 4. The average Bonchev–Trinajstić information content (AvgIpc) is 3.19. The molecule has 0 amide bonds. The van der Waals surface area contributed by atoms with E-state index in [1.165, 1.54) is 17.1 Å². The van der Waals surface area contributed by atoms with Crippen molar-refractivity contribution < 1.29 is 4.74 Å². The lowest BCUT2D eigenvalue weighted by Gasteiger charge is -2.26. The zero-order valence-electron chi connectivity index (χ0n) is 17.0. The Balaban J connectivity index is 0.00000280. The minimum atomic E-state index is 0. The fourth-order valence-corrected chi connectivity index (χ4v) is 4.67. The zero-order valence-corrected chi connectivity index (χ0v) is 20.2. The topological polar surface area (TPSA) is 40.1 Å². The van der Waals surface area contributed by atoms with Crippen LogP contribution in [-0.4, -0.2) is 80.5 Å². The van der Waals surface area contributed by atoms with Crippen LogP contribution in [0.4, 0.5) is 0 Å². The molecule has 2 heterocycles. The van der Waals surface area contributed by atoms with E-state index >= 15 is 0 Å². The number of benzene rings is 1. The summed E-state index contributed by atoms with van der Waals surface area (Å²) in [4.78, 5) is 11.2. The number of morpholine rings is 1. The normalized spacial score (nSPS) is 20.8. The van der Waals surface area contributed by atoms with Crippen LogP contribution < -0.4 is 5.32 Å². The number of likely N-dealkylation sites (tertiary alicyclic amines) is 1.